The van der Waals surface area contributed by atoms with Crippen LogP contribution in [0.3, 0.4) is 0 Å². The molecule has 0 spiro atoms. The molecule has 3 nitrogen and oxygen atoms in total. The molecule has 0 aromatic carbocycles. The summed E-state index contributed by atoms with van der Waals surface area (Å²) in [5, 5.41) is -0.618. The van der Waals surface area contributed by atoms with Crippen LogP contribution in [0.15, 0.2) is 0 Å². The maximum atomic E-state index is 9.37. The zero-order valence-corrected chi connectivity index (χ0v) is 7.50. The smallest absolute Gasteiger partial charge is 0.747 e. The van der Waals surface area contributed by atoms with Gasteiger partial charge in [0.15, 0.2) is 0 Å². The molecular weight excluding hydrogens is 147 g/mol. The van der Waals surface area contributed by atoms with Gasteiger partial charge in [0.2, 0.25) is 0 Å². The molecule has 0 amide bonds. The number of thiol groups is 1. The minimum Gasteiger partial charge on any atom is -0.747 e. The minimum absolute atomic E-state index is 0. The third-order valence-electron chi connectivity index (χ3n) is 0.158. The van der Waals surface area contributed by atoms with Crippen LogP contribution in [0.25, 0.3) is 0 Å². The molecule has 0 fully saturated rings. The van der Waals surface area contributed by atoms with Crippen molar-refractivity contribution in [3.8, 4) is 0 Å². The predicted octanol–water partition coefficient (Wildman–Crippen LogP) is -3.58. The van der Waals surface area contributed by atoms with E-state index in [2.05, 4.69) is 12.6 Å². The summed E-state index contributed by atoms with van der Waals surface area (Å²) < 4.78 is 28.1. The predicted molar refractivity (Wildman–Crippen MR) is 23.6 cm³/mol. The van der Waals surface area contributed by atoms with Crippen LogP contribution in [0.1, 0.15) is 0 Å². The fourth-order valence-electron chi connectivity index (χ4n) is 0. The Balaban J connectivity index is 0. The first-order valence-electron chi connectivity index (χ1n) is 1.10. The first-order chi connectivity index (χ1) is 2.56. The Hall–Kier alpha value is 1.26. The molecule has 7 heavy (non-hydrogen) atoms. The molecule has 0 bridgehead atoms. The van der Waals surface area contributed by atoms with Gasteiger partial charge in [-0.2, -0.15) is 12.6 Å². The zero-order valence-electron chi connectivity index (χ0n) is 3.79. The second kappa shape index (κ2) is 4.17. The van der Waals surface area contributed by atoms with Crippen molar-refractivity contribution in [2.75, 3.05) is 5.08 Å². The molecule has 0 aliphatic carbocycles. The van der Waals surface area contributed by atoms with Crippen LogP contribution >= 0.6 is 12.6 Å². The molecule has 0 aromatic rings. The van der Waals surface area contributed by atoms with Crippen molar-refractivity contribution in [3.05, 3.63) is 0 Å². The molecule has 0 saturated heterocycles. The van der Waals surface area contributed by atoms with Gasteiger partial charge in [-0.25, -0.2) is 8.42 Å². The fraction of sp³-hybridized carbons (Fsp3) is 1.00. The average Bonchev–Trinajstić information content (AvgIpc) is 1.35. The Morgan fingerprint density at radius 2 is 1.71 bits per heavy atom. The van der Waals surface area contributed by atoms with Crippen molar-refractivity contribution in [2.24, 2.45) is 0 Å². The summed E-state index contributed by atoms with van der Waals surface area (Å²) >= 11 is 3.20. The molecule has 0 atom stereocenters. The van der Waals surface area contributed by atoms with Gasteiger partial charge in [0, 0.05) is 0 Å². The van der Waals surface area contributed by atoms with E-state index in [1.165, 1.54) is 0 Å². The van der Waals surface area contributed by atoms with Crippen LogP contribution in [-0.4, -0.2) is 18.1 Å². The van der Waals surface area contributed by atoms with Gasteiger partial charge in [-0.3, -0.25) is 0 Å². The van der Waals surface area contributed by atoms with Gasteiger partial charge in [-0.05, 0) is 0 Å². The van der Waals surface area contributed by atoms with Crippen molar-refractivity contribution in [1.29, 1.82) is 0 Å². The van der Waals surface area contributed by atoms with E-state index in [4.69, 9.17) is 0 Å². The average molecular weight is 150 g/mol. The summed E-state index contributed by atoms with van der Waals surface area (Å²) in [6.07, 6.45) is 0. The van der Waals surface area contributed by atoms with Crippen molar-refractivity contribution in [2.45, 2.75) is 0 Å². The Bertz CT molecular complexity index is 115. The number of hydrogen-bond donors (Lipinski definition) is 1. The van der Waals surface area contributed by atoms with Crippen LogP contribution in [0.5, 0.6) is 0 Å². The molecule has 6 heteroatoms. The number of rotatable bonds is 1. The molecule has 38 valence electrons. The van der Waals surface area contributed by atoms with Crippen LogP contribution in [0.2, 0.25) is 0 Å². The van der Waals surface area contributed by atoms with E-state index in [-0.39, 0.29) is 29.6 Å². The summed E-state index contributed by atoms with van der Waals surface area (Å²) in [5.74, 6) is 0. The zero-order chi connectivity index (χ0) is 5.21. The van der Waals surface area contributed by atoms with Crippen LogP contribution in [-0.2, 0) is 10.1 Å². The fourth-order valence-corrected chi connectivity index (χ4v) is 0. The number of hydrogen-bond acceptors (Lipinski definition) is 4. The Labute approximate surface area is 69.9 Å². The van der Waals surface area contributed by atoms with Crippen LogP contribution in [0.4, 0.5) is 0 Å². The van der Waals surface area contributed by atoms with Gasteiger partial charge in [-0.15, -0.1) is 0 Å². The van der Waals surface area contributed by atoms with E-state index in [1.54, 1.807) is 0 Å². The van der Waals surface area contributed by atoms with E-state index >= 15 is 0 Å². The summed E-state index contributed by atoms with van der Waals surface area (Å²) in [6, 6.07) is 0. The Kier molecular flexibility index (Phi) is 6.62. The van der Waals surface area contributed by atoms with Gasteiger partial charge in [0.25, 0.3) is 0 Å². The molecule has 0 unspecified atom stereocenters. The third kappa shape index (κ3) is 11.1. The minimum atomic E-state index is -4.05. The Morgan fingerprint density at radius 3 is 1.71 bits per heavy atom. The molecule has 0 aromatic heterocycles. The second-order valence-electron chi connectivity index (χ2n) is 0.687. The van der Waals surface area contributed by atoms with E-state index in [0.29, 0.717) is 0 Å². The van der Waals surface area contributed by atoms with Crippen LogP contribution in [0, 0.1) is 0 Å². The third-order valence-corrected chi connectivity index (χ3v) is 1.42. The van der Waals surface area contributed by atoms with Gasteiger partial charge in [-0.1, -0.05) is 0 Å². The molecule has 0 aliphatic rings. The van der Waals surface area contributed by atoms with E-state index < -0.39 is 15.2 Å². The molecule has 0 radical (unpaired) electrons. The van der Waals surface area contributed by atoms with Gasteiger partial charge in [0.05, 0.1) is 5.08 Å². The summed E-state index contributed by atoms with van der Waals surface area (Å²) in [6.45, 7) is 0. The first-order valence-corrected chi connectivity index (χ1v) is 3.31. The molecular formula is CH3NaO3S2. The van der Waals surface area contributed by atoms with Crippen LogP contribution < -0.4 is 29.6 Å². The van der Waals surface area contributed by atoms with Crippen molar-refractivity contribution in [1.82, 2.24) is 0 Å². The maximum absolute atomic E-state index is 9.37. The monoisotopic (exact) mass is 150 g/mol. The molecule has 0 saturated carbocycles. The Morgan fingerprint density at radius 1 is 1.57 bits per heavy atom. The largest absolute Gasteiger partial charge is 1.00 e. The summed E-state index contributed by atoms with van der Waals surface area (Å²) in [4.78, 5) is 0. The normalized spacial score (nSPS) is 10.0. The van der Waals surface area contributed by atoms with E-state index in [1.807, 2.05) is 0 Å². The quantitative estimate of drug-likeness (QED) is 0.239. The van der Waals surface area contributed by atoms with E-state index in [0.717, 1.165) is 0 Å². The standard InChI is InChI=1S/CH4O3S2.Na/c2-6(3,4)1-5;/h5H,1H2,(H,2,3,4);/q;+1/p-1. The van der Waals surface area contributed by atoms with Gasteiger partial charge in [0.1, 0.15) is 10.1 Å². The molecule has 0 heterocycles. The topological polar surface area (TPSA) is 57.2 Å². The summed E-state index contributed by atoms with van der Waals surface area (Å²) in [7, 11) is -4.05. The second-order valence-corrected chi connectivity index (χ2v) is 2.83. The van der Waals surface area contributed by atoms with Crippen molar-refractivity contribution >= 4 is 22.7 Å². The van der Waals surface area contributed by atoms with Gasteiger partial charge < -0.3 is 4.55 Å². The van der Waals surface area contributed by atoms with Crippen molar-refractivity contribution in [3.63, 3.8) is 0 Å². The van der Waals surface area contributed by atoms with Gasteiger partial charge >= 0.3 is 29.6 Å². The molecule has 0 rings (SSSR count). The SMILES string of the molecule is O=S(=O)([O-])CS.[Na+]. The molecule has 0 aliphatic heterocycles. The van der Waals surface area contributed by atoms with Crippen molar-refractivity contribution < 1.29 is 42.5 Å². The van der Waals surface area contributed by atoms with E-state index in [9.17, 15) is 13.0 Å². The first kappa shape index (κ1) is 11.1. The maximum Gasteiger partial charge on any atom is 1.00 e. The summed E-state index contributed by atoms with van der Waals surface area (Å²) in [5.41, 5.74) is 0. The molecule has 0 N–H and O–H groups in total.